The Labute approximate surface area is 102 Å². The minimum absolute atomic E-state index is 0.485. The molecule has 0 saturated heterocycles. The third kappa shape index (κ3) is 1.40. The summed E-state index contributed by atoms with van der Waals surface area (Å²) in [6.45, 7) is 0. The van der Waals surface area contributed by atoms with Crippen molar-refractivity contribution in [3.63, 3.8) is 0 Å². The third-order valence-corrected chi connectivity index (χ3v) is 4.85. The first-order valence-corrected chi connectivity index (χ1v) is 6.65. The molecular weight excluding hydrogens is 208 g/mol. The van der Waals surface area contributed by atoms with E-state index in [-0.39, 0.29) is 0 Å². The molecule has 0 aromatic heterocycles. The molecular formula is C15H18N2. The van der Waals surface area contributed by atoms with Crippen LogP contribution in [0.1, 0.15) is 31.2 Å². The van der Waals surface area contributed by atoms with Crippen molar-refractivity contribution in [3.05, 3.63) is 29.8 Å². The lowest BCUT2D eigenvalue weighted by atomic mass is 9.49. The van der Waals surface area contributed by atoms with E-state index >= 15 is 0 Å². The Morgan fingerprint density at radius 1 is 1.12 bits per heavy atom. The maximum Gasteiger partial charge on any atom is 0.0665 e. The van der Waals surface area contributed by atoms with E-state index in [2.05, 4.69) is 24.3 Å². The molecule has 1 aromatic rings. The van der Waals surface area contributed by atoms with Crippen molar-refractivity contribution < 1.29 is 0 Å². The largest absolute Gasteiger partial charge is 0.328 e. The predicted molar refractivity (Wildman–Crippen MR) is 69.6 cm³/mol. The average molecular weight is 226 g/mol. The number of hydrogen-bond donors (Lipinski definition) is 1. The van der Waals surface area contributed by atoms with E-state index in [9.17, 15) is 0 Å². The predicted octanol–water partition coefficient (Wildman–Crippen LogP) is 2.83. The van der Waals surface area contributed by atoms with Gasteiger partial charge in [0.15, 0.2) is 0 Å². The maximum atomic E-state index is 5.90. The lowest BCUT2D eigenvalue weighted by Crippen LogP contribution is -2.54. The first kappa shape index (κ1) is 9.84. The van der Waals surface area contributed by atoms with E-state index in [4.69, 9.17) is 10.7 Å². The van der Waals surface area contributed by atoms with Gasteiger partial charge in [-0.05, 0) is 48.6 Å². The smallest absolute Gasteiger partial charge is 0.0665 e. The van der Waals surface area contributed by atoms with Gasteiger partial charge in [-0.2, -0.15) is 0 Å². The summed E-state index contributed by atoms with van der Waals surface area (Å²) in [6.07, 6.45) is 6.28. The van der Waals surface area contributed by atoms with Gasteiger partial charge in [0.1, 0.15) is 0 Å². The first-order valence-electron chi connectivity index (χ1n) is 6.65. The van der Waals surface area contributed by atoms with Crippen LogP contribution in [-0.2, 0) is 6.42 Å². The summed E-state index contributed by atoms with van der Waals surface area (Å²) in [5.74, 6) is 0.745. The van der Waals surface area contributed by atoms with Gasteiger partial charge in [-0.1, -0.05) is 18.2 Å². The number of nitrogens with two attached hydrogens (primary N) is 1. The molecule has 17 heavy (non-hydrogen) atoms. The highest BCUT2D eigenvalue weighted by Gasteiger charge is 2.53. The van der Waals surface area contributed by atoms with E-state index in [0.29, 0.717) is 11.5 Å². The van der Waals surface area contributed by atoms with Crippen molar-refractivity contribution in [2.45, 2.75) is 38.1 Å². The molecule has 4 rings (SSSR count). The third-order valence-electron chi connectivity index (χ3n) is 4.85. The standard InChI is InChI=1S/C15H18N2/c16-12-8-15(9-12)6-11(7-15)14-5-10-3-1-2-4-13(10)17-14/h1-4,11-12H,5-9,16H2. The molecule has 1 spiro atoms. The van der Waals surface area contributed by atoms with E-state index in [0.717, 1.165) is 12.3 Å². The quantitative estimate of drug-likeness (QED) is 0.785. The molecule has 88 valence electrons. The second-order valence-corrected chi connectivity index (χ2v) is 6.18. The van der Waals surface area contributed by atoms with E-state index in [1.807, 2.05) is 0 Å². The number of rotatable bonds is 1. The Kier molecular flexibility index (Phi) is 1.85. The number of aliphatic imine (C=N–C) groups is 1. The van der Waals surface area contributed by atoms with E-state index in [1.54, 1.807) is 0 Å². The molecule has 1 heterocycles. The molecule has 2 heteroatoms. The monoisotopic (exact) mass is 226 g/mol. The van der Waals surface area contributed by atoms with Crippen LogP contribution in [0.3, 0.4) is 0 Å². The molecule has 2 fully saturated rings. The van der Waals surface area contributed by atoms with Gasteiger partial charge in [0.05, 0.1) is 5.69 Å². The van der Waals surface area contributed by atoms with Gasteiger partial charge >= 0.3 is 0 Å². The number of hydrogen-bond acceptors (Lipinski definition) is 2. The molecule has 2 nitrogen and oxygen atoms in total. The Balaban J connectivity index is 1.47. The fourth-order valence-corrected chi connectivity index (χ4v) is 4.00. The molecule has 0 radical (unpaired) electrons. The molecule has 0 bridgehead atoms. The second kappa shape index (κ2) is 3.20. The van der Waals surface area contributed by atoms with E-state index in [1.165, 1.54) is 42.6 Å². The zero-order valence-electron chi connectivity index (χ0n) is 10.0. The molecule has 0 unspecified atom stereocenters. The van der Waals surface area contributed by atoms with Gasteiger partial charge in [0, 0.05) is 18.2 Å². The highest BCUT2D eigenvalue weighted by Crippen LogP contribution is 2.59. The molecule has 2 saturated carbocycles. The zero-order chi connectivity index (χ0) is 11.5. The lowest BCUT2D eigenvalue weighted by molar-refractivity contribution is -0.0136. The minimum Gasteiger partial charge on any atom is -0.328 e. The van der Waals surface area contributed by atoms with Crippen molar-refractivity contribution in [3.8, 4) is 0 Å². The van der Waals surface area contributed by atoms with Crippen LogP contribution in [0.5, 0.6) is 0 Å². The number of nitrogens with zero attached hydrogens (tertiary/aromatic N) is 1. The highest BCUT2D eigenvalue weighted by atomic mass is 14.8. The van der Waals surface area contributed by atoms with Gasteiger partial charge in [-0.3, -0.25) is 4.99 Å². The number of para-hydroxylation sites is 1. The zero-order valence-corrected chi connectivity index (χ0v) is 10.0. The lowest BCUT2D eigenvalue weighted by Gasteiger charge is -2.57. The summed E-state index contributed by atoms with van der Waals surface area (Å²) in [6, 6.07) is 9.03. The number of benzene rings is 1. The van der Waals surface area contributed by atoms with Crippen LogP contribution < -0.4 is 5.73 Å². The van der Waals surface area contributed by atoms with Crippen molar-refractivity contribution in [1.82, 2.24) is 0 Å². The number of fused-ring (bicyclic) bond motifs is 1. The summed E-state index contributed by atoms with van der Waals surface area (Å²) in [4.78, 5) is 4.80. The molecule has 3 aliphatic rings. The maximum absolute atomic E-state index is 5.90. The Morgan fingerprint density at radius 2 is 1.88 bits per heavy atom. The topological polar surface area (TPSA) is 38.4 Å². The van der Waals surface area contributed by atoms with Gasteiger partial charge in [-0.25, -0.2) is 0 Å². The highest BCUT2D eigenvalue weighted by molar-refractivity contribution is 5.96. The van der Waals surface area contributed by atoms with Gasteiger partial charge in [-0.15, -0.1) is 0 Å². The van der Waals surface area contributed by atoms with Crippen molar-refractivity contribution in [2.75, 3.05) is 0 Å². The summed E-state index contributed by atoms with van der Waals surface area (Å²) < 4.78 is 0. The van der Waals surface area contributed by atoms with Crippen LogP contribution in [0.15, 0.2) is 29.3 Å². The average Bonchev–Trinajstić information content (AvgIpc) is 2.64. The summed E-state index contributed by atoms with van der Waals surface area (Å²) in [5, 5.41) is 0. The van der Waals surface area contributed by atoms with Crippen LogP contribution in [-0.4, -0.2) is 11.8 Å². The Bertz CT molecular complexity index is 489. The summed E-state index contributed by atoms with van der Waals surface area (Å²) in [5.41, 5.74) is 10.6. The van der Waals surface area contributed by atoms with Crippen molar-refractivity contribution >= 4 is 11.4 Å². The minimum atomic E-state index is 0.485. The summed E-state index contributed by atoms with van der Waals surface area (Å²) >= 11 is 0. The van der Waals surface area contributed by atoms with Gasteiger partial charge in [0.2, 0.25) is 0 Å². The second-order valence-electron chi connectivity index (χ2n) is 6.18. The van der Waals surface area contributed by atoms with Crippen LogP contribution in [0.25, 0.3) is 0 Å². The normalized spacial score (nSPS) is 38.3. The van der Waals surface area contributed by atoms with Crippen LogP contribution >= 0.6 is 0 Å². The van der Waals surface area contributed by atoms with E-state index < -0.39 is 0 Å². The fourth-order valence-electron chi connectivity index (χ4n) is 4.00. The van der Waals surface area contributed by atoms with Crippen LogP contribution in [0.4, 0.5) is 5.69 Å². The van der Waals surface area contributed by atoms with Crippen molar-refractivity contribution in [1.29, 1.82) is 0 Å². The molecule has 0 amide bonds. The Hall–Kier alpha value is -1.15. The molecule has 2 aliphatic carbocycles. The van der Waals surface area contributed by atoms with Crippen LogP contribution in [0.2, 0.25) is 0 Å². The Morgan fingerprint density at radius 3 is 2.59 bits per heavy atom. The molecule has 1 aromatic carbocycles. The first-order chi connectivity index (χ1) is 8.24. The summed E-state index contributed by atoms with van der Waals surface area (Å²) in [7, 11) is 0. The molecule has 1 aliphatic heterocycles. The van der Waals surface area contributed by atoms with Gasteiger partial charge < -0.3 is 5.73 Å². The molecule has 0 atom stereocenters. The fraction of sp³-hybridized carbons (Fsp3) is 0.533. The SMILES string of the molecule is NC1CC2(C1)CC(C1=Nc3ccccc3C1)C2. The molecule has 2 N–H and O–H groups in total. The van der Waals surface area contributed by atoms with Crippen LogP contribution in [0, 0.1) is 11.3 Å². The van der Waals surface area contributed by atoms with Gasteiger partial charge in [0.25, 0.3) is 0 Å². The van der Waals surface area contributed by atoms with Crippen molar-refractivity contribution in [2.24, 2.45) is 22.1 Å².